The van der Waals surface area contributed by atoms with E-state index in [1.165, 1.54) is 0 Å². The topological polar surface area (TPSA) is 63.8 Å². The number of morpholine rings is 1. The lowest BCUT2D eigenvalue weighted by Gasteiger charge is -2.27. The largest absolute Gasteiger partial charge is 0.378 e. The predicted octanol–water partition coefficient (Wildman–Crippen LogP) is 3.13. The number of aromatic nitrogens is 1. The van der Waals surface area contributed by atoms with Crippen molar-refractivity contribution in [3.8, 4) is 17.0 Å². The molecule has 1 saturated heterocycles. The number of fused-ring (bicyclic) bond motifs is 2. The Morgan fingerprint density at radius 3 is 2.85 bits per heavy atom. The van der Waals surface area contributed by atoms with Gasteiger partial charge in [-0.05, 0) is 42.0 Å². The van der Waals surface area contributed by atoms with E-state index < -0.39 is 0 Å². The van der Waals surface area contributed by atoms with Gasteiger partial charge in [-0.1, -0.05) is 6.07 Å². The Hall–Kier alpha value is -2.83. The van der Waals surface area contributed by atoms with E-state index in [1.807, 2.05) is 41.3 Å². The Kier molecular flexibility index (Phi) is 3.65. The molecule has 1 fully saturated rings. The van der Waals surface area contributed by atoms with Gasteiger partial charge in [-0.25, -0.2) is 0 Å². The maximum Gasteiger partial charge on any atom is 0.254 e. The van der Waals surface area contributed by atoms with E-state index in [9.17, 15) is 4.79 Å². The highest BCUT2D eigenvalue weighted by atomic mass is 17.2. The highest BCUT2D eigenvalue weighted by molar-refractivity contribution is 6.07. The van der Waals surface area contributed by atoms with E-state index in [4.69, 9.17) is 14.5 Å². The first-order valence-electron chi connectivity index (χ1n) is 8.71. The summed E-state index contributed by atoms with van der Waals surface area (Å²) in [5.74, 6) is 0.813. The number of aromatic amines is 1. The second kappa shape index (κ2) is 6.16. The Morgan fingerprint density at radius 2 is 1.96 bits per heavy atom. The van der Waals surface area contributed by atoms with Gasteiger partial charge in [0, 0.05) is 40.8 Å². The molecule has 6 nitrogen and oxygen atoms in total. The van der Waals surface area contributed by atoms with Gasteiger partial charge in [-0.2, -0.15) is 4.89 Å². The molecule has 0 atom stereocenters. The number of rotatable bonds is 2. The monoisotopic (exact) mass is 350 g/mol. The van der Waals surface area contributed by atoms with Crippen LogP contribution in [-0.2, 0) is 16.2 Å². The number of benzene rings is 2. The van der Waals surface area contributed by atoms with Crippen LogP contribution in [0.25, 0.3) is 22.2 Å². The smallest absolute Gasteiger partial charge is 0.254 e. The van der Waals surface area contributed by atoms with Crippen LogP contribution in [0.2, 0.25) is 0 Å². The molecule has 1 amide bonds. The van der Waals surface area contributed by atoms with E-state index in [0.717, 1.165) is 39.0 Å². The van der Waals surface area contributed by atoms with Crippen molar-refractivity contribution in [1.82, 2.24) is 9.88 Å². The van der Waals surface area contributed by atoms with Crippen molar-refractivity contribution >= 4 is 16.8 Å². The first kappa shape index (κ1) is 15.4. The van der Waals surface area contributed by atoms with Crippen molar-refractivity contribution in [3.05, 3.63) is 53.6 Å². The van der Waals surface area contributed by atoms with Crippen molar-refractivity contribution in [2.45, 2.75) is 6.61 Å². The fourth-order valence-electron chi connectivity index (χ4n) is 3.53. The summed E-state index contributed by atoms with van der Waals surface area (Å²) in [5.41, 5.74) is 4.70. The molecule has 0 radical (unpaired) electrons. The standard InChI is InChI=1S/C20H18N2O4/c23-20(22-6-8-24-9-7-22)15-2-1-3-17-16(15)11-18(21-17)13-4-5-19-14(10-13)12-25-26-19/h1-5,10-11,21H,6-9,12H2. The van der Waals surface area contributed by atoms with Crippen LogP contribution >= 0.6 is 0 Å². The quantitative estimate of drug-likeness (QED) is 0.721. The van der Waals surface area contributed by atoms with Gasteiger partial charge in [0.2, 0.25) is 0 Å². The summed E-state index contributed by atoms with van der Waals surface area (Å²) in [6.45, 7) is 2.91. The lowest BCUT2D eigenvalue weighted by molar-refractivity contribution is -0.194. The second-order valence-corrected chi connectivity index (χ2v) is 6.52. The molecule has 0 saturated carbocycles. The van der Waals surface area contributed by atoms with Crippen LogP contribution in [0.5, 0.6) is 5.75 Å². The maximum atomic E-state index is 12.9. The molecule has 0 spiro atoms. The van der Waals surface area contributed by atoms with Crippen molar-refractivity contribution in [2.24, 2.45) is 0 Å². The highest BCUT2D eigenvalue weighted by Gasteiger charge is 2.21. The summed E-state index contributed by atoms with van der Waals surface area (Å²) in [5, 5.41) is 0.937. The molecule has 3 heterocycles. The predicted molar refractivity (Wildman–Crippen MR) is 95.9 cm³/mol. The number of H-pyrrole nitrogens is 1. The number of amides is 1. The summed E-state index contributed by atoms with van der Waals surface area (Å²) < 4.78 is 5.35. The minimum absolute atomic E-state index is 0.0557. The molecule has 1 N–H and O–H groups in total. The van der Waals surface area contributed by atoms with E-state index in [-0.39, 0.29) is 5.91 Å². The second-order valence-electron chi connectivity index (χ2n) is 6.52. The number of carbonyl (C=O) groups is 1. The summed E-state index contributed by atoms with van der Waals surface area (Å²) >= 11 is 0. The molecule has 2 aliphatic heterocycles. The molecule has 6 heteroatoms. The molecular formula is C20H18N2O4. The number of hydrogen-bond acceptors (Lipinski definition) is 4. The molecule has 132 valence electrons. The molecule has 0 unspecified atom stereocenters. The van der Waals surface area contributed by atoms with Gasteiger partial charge < -0.3 is 19.5 Å². The van der Waals surface area contributed by atoms with E-state index in [2.05, 4.69) is 11.1 Å². The average molecular weight is 350 g/mol. The lowest BCUT2D eigenvalue weighted by atomic mass is 10.1. The summed E-state index contributed by atoms with van der Waals surface area (Å²) in [7, 11) is 0. The third-order valence-corrected chi connectivity index (χ3v) is 4.93. The third kappa shape index (κ3) is 2.55. The van der Waals surface area contributed by atoms with Crippen molar-refractivity contribution in [1.29, 1.82) is 0 Å². The number of ether oxygens (including phenoxy) is 1. The first-order valence-corrected chi connectivity index (χ1v) is 8.71. The normalized spacial score (nSPS) is 16.5. The molecule has 3 aromatic rings. The molecular weight excluding hydrogens is 332 g/mol. The highest BCUT2D eigenvalue weighted by Crippen LogP contribution is 2.33. The Labute approximate surface area is 150 Å². The minimum atomic E-state index is 0.0557. The summed E-state index contributed by atoms with van der Waals surface area (Å²) in [6, 6.07) is 13.8. The van der Waals surface area contributed by atoms with Gasteiger partial charge in [0.05, 0.1) is 13.2 Å². The van der Waals surface area contributed by atoms with Gasteiger partial charge in [-0.15, -0.1) is 0 Å². The minimum Gasteiger partial charge on any atom is -0.378 e. The number of carbonyl (C=O) groups excluding carboxylic acids is 1. The summed E-state index contributed by atoms with van der Waals surface area (Å²) in [6.07, 6.45) is 0. The van der Waals surface area contributed by atoms with Crippen LogP contribution in [0.1, 0.15) is 15.9 Å². The van der Waals surface area contributed by atoms with Gasteiger partial charge in [0.25, 0.3) is 5.91 Å². The zero-order valence-electron chi connectivity index (χ0n) is 14.2. The van der Waals surface area contributed by atoms with Crippen molar-refractivity contribution < 1.29 is 19.3 Å². The lowest BCUT2D eigenvalue weighted by Crippen LogP contribution is -2.40. The Balaban J connectivity index is 1.54. The maximum absolute atomic E-state index is 12.9. The molecule has 5 rings (SSSR count). The molecule has 2 aliphatic rings. The fraction of sp³-hybridized carbons (Fsp3) is 0.250. The number of nitrogens with one attached hydrogen (secondary N) is 1. The fourth-order valence-corrected chi connectivity index (χ4v) is 3.53. The molecule has 26 heavy (non-hydrogen) atoms. The Bertz CT molecular complexity index is 989. The number of nitrogens with zero attached hydrogens (tertiary/aromatic N) is 1. The van der Waals surface area contributed by atoms with E-state index >= 15 is 0 Å². The van der Waals surface area contributed by atoms with E-state index in [0.29, 0.717) is 32.9 Å². The molecule has 1 aromatic heterocycles. The van der Waals surface area contributed by atoms with Crippen LogP contribution in [0.4, 0.5) is 0 Å². The van der Waals surface area contributed by atoms with Gasteiger partial charge in [0.1, 0.15) is 6.61 Å². The Morgan fingerprint density at radius 1 is 1.08 bits per heavy atom. The van der Waals surface area contributed by atoms with Crippen molar-refractivity contribution in [2.75, 3.05) is 26.3 Å². The molecule has 0 aliphatic carbocycles. The van der Waals surface area contributed by atoms with Gasteiger partial charge >= 0.3 is 0 Å². The SMILES string of the molecule is O=C(c1cccc2[nH]c(-c3ccc4c(c3)COO4)cc12)N1CCOCC1. The third-order valence-electron chi connectivity index (χ3n) is 4.93. The van der Waals surface area contributed by atoms with Crippen molar-refractivity contribution in [3.63, 3.8) is 0 Å². The van der Waals surface area contributed by atoms with Gasteiger partial charge in [0.15, 0.2) is 5.75 Å². The van der Waals surface area contributed by atoms with E-state index in [1.54, 1.807) is 0 Å². The molecule has 2 aromatic carbocycles. The van der Waals surface area contributed by atoms with Crippen LogP contribution in [0, 0.1) is 0 Å². The van der Waals surface area contributed by atoms with Crippen LogP contribution in [-0.4, -0.2) is 42.1 Å². The van der Waals surface area contributed by atoms with Gasteiger partial charge in [-0.3, -0.25) is 4.79 Å². The first-order chi connectivity index (χ1) is 12.8. The van der Waals surface area contributed by atoms with Crippen LogP contribution in [0.15, 0.2) is 42.5 Å². The van der Waals surface area contributed by atoms with Crippen LogP contribution < -0.4 is 4.89 Å². The zero-order chi connectivity index (χ0) is 17.5. The van der Waals surface area contributed by atoms with Crippen LogP contribution in [0.3, 0.4) is 0 Å². The molecule has 0 bridgehead atoms. The zero-order valence-corrected chi connectivity index (χ0v) is 14.2. The average Bonchev–Trinajstić information content (AvgIpc) is 3.33. The summed E-state index contributed by atoms with van der Waals surface area (Å²) in [4.78, 5) is 28.3. The number of hydrogen-bond donors (Lipinski definition) is 1.